The summed E-state index contributed by atoms with van der Waals surface area (Å²) in [6, 6.07) is 4.87. The van der Waals surface area contributed by atoms with Crippen LogP contribution in [0, 0.1) is 6.92 Å². The minimum absolute atomic E-state index is 0.0392. The van der Waals surface area contributed by atoms with E-state index >= 15 is 0 Å². The summed E-state index contributed by atoms with van der Waals surface area (Å²) in [6.45, 7) is 2.65. The molecule has 9 heteroatoms. The van der Waals surface area contributed by atoms with Gasteiger partial charge in [-0.05, 0) is 31.9 Å². The lowest BCUT2D eigenvalue weighted by Gasteiger charge is -2.30. The maximum atomic E-state index is 12.5. The predicted octanol–water partition coefficient (Wildman–Crippen LogP) is 2.73. The van der Waals surface area contributed by atoms with Crippen molar-refractivity contribution in [3.63, 3.8) is 0 Å². The molecule has 2 aromatic heterocycles. The molecule has 23 heavy (non-hydrogen) atoms. The Bertz CT molecular complexity index is 786. The minimum Gasteiger partial charge on any atom is -0.474 e. The average Bonchev–Trinajstić information content (AvgIpc) is 2.95. The molecule has 0 radical (unpaired) electrons. The Hall–Kier alpha value is -1.22. The van der Waals surface area contributed by atoms with Crippen molar-refractivity contribution >= 4 is 33.0 Å². The van der Waals surface area contributed by atoms with Crippen molar-refractivity contribution in [3.8, 4) is 5.88 Å². The molecule has 2 aromatic rings. The largest absolute Gasteiger partial charge is 0.474 e. The minimum atomic E-state index is -3.46. The van der Waals surface area contributed by atoms with E-state index in [0.717, 1.165) is 11.3 Å². The van der Waals surface area contributed by atoms with Gasteiger partial charge in [-0.3, -0.25) is 0 Å². The van der Waals surface area contributed by atoms with E-state index in [4.69, 9.17) is 16.3 Å². The van der Waals surface area contributed by atoms with Crippen LogP contribution >= 0.6 is 22.9 Å². The molecule has 0 spiro atoms. The van der Waals surface area contributed by atoms with E-state index in [0.29, 0.717) is 42.0 Å². The van der Waals surface area contributed by atoms with E-state index in [9.17, 15) is 8.42 Å². The molecule has 0 aromatic carbocycles. The smallest absolute Gasteiger partial charge is 0.252 e. The van der Waals surface area contributed by atoms with E-state index in [1.54, 1.807) is 31.3 Å². The Kier molecular flexibility index (Phi) is 4.86. The summed E-state index contributed by atoms with van der Waals surface area (Å²) in [5.41, 5.74) is 0. The zero-order chi connectivity index (χ0) is 16.4. The van der Waals surface area contributed by atoms with Crippen LogP contribution in [0.1, 0.15) is 18.7 Å². The zero-order valence-electron chi connectivity index (χ0n) is 12.5. The first kappa shape index (κ1) is 16.6. The summed E-state index contributed by atoms with van der Waals surface area (Å²) in [5.74, 6) is 1.18. The molecular formula is C14H16ClN3O3S2. The van der Waals surface area contributed by atoms with Gasteiger partial charge in [0.15, 0.2) is 0 Å². The van der Waals surface area contributed by atoms with Crippen LogP contribution < -0.4 is 4.74 Å². The fourth-order valence-electron chi connectivity index (χ4n) is 2.42. The van der Waals surface area contributed by atoms with Crippen LogP contribution in [-0.4, -0.2) is 41.9 Å². The molecule has 0 amide bonds. The topological polar surface area (TPSA) is 72.4 Å². The Morgan fingerprint density at radius 3 is 2.65 bits per heavy atom. The summed E-state index contributed by atoms with van der Waals surface area (Å²) in [4.78, 5) is 8.23. The summed E-state index contributed by atoms with van der Waals surface area (Å²) < 4.78 is 33.1. The lowest BCUT2D eigenvalue weighted by atomic mass is 10.1. The first-order valence-electron chi connectivity index (χ1n) is 7.17. The number of sulfonamides is 1. The number of hydrogen-bond acceptors (Lipinski definition) is 6. The van der Waals surface area contributed by atoms with Gasteiger partial charge in [-0.15, -0.1) is 11.3 Å². The summed E-state index contributed by atoms with van der Waals surface area (Å²) in [6.07, 6.45) is 2.86. The van der Waals surface area contributed by atoms with Crippen molar-refractivity contribution in [3.05, 3.63) is 34.6 Å². The highest BCUT2D eigenvalue weighted by Gasteiger charge is 2.31. The molecule has 0 N–H and O–H groups in total. The first-order valence-corrected chi connectivity index (χ1v) is 9.80. The molecule has 3 rings (SSSR count). The lowest BCUT2D eigenvalue weighted by Crippen LogP contribution is -2.41. The van der Waals surface area contributed by atoms with Crippen LogP contribution in [0.2, 0.25) is 4.34 Å². The second kappa shape index (κ2) is 6.72. The van der Waals surface area contributed by atoms with Crippen molar-refractivity contribution in [2.45, 2.75) is 30.1 Å². The van der Waals surface area contributed by atoms with Gasteiger partial charge in [0.1, 0.15) is 16.1 Å². The number of aromatic nitrogens is 2. The van der Waals surface area contributed by atoms with Crippen molar-refractivity contribution in [1.82, 2.24) is 14.3 Å². The standard InChI is InChI=1S/C14H16ClN3O3S2/c1-10-16-7-4-13(17-10)21-11-5-8-18(9-6-11)23(19,20)14-3-2-12(15)22-14/h2-4,7,11H,5-6,8-9H2,1H3. The quantitative estimate of drug-likeness (QED) is 0.823. The van der Waals surface area contributed by atoms with Crippen molar-refractivity contribution < 1.29 is 13.2 Å². The SMILES string of the molecule is Cc1nccc(OC2CCN(S(=O)(=O)c3ccc(Cl)s3)CC2)n1. The number of piperidine rings is 1. The second-order valence-corrected chi connectivity index (χ2v) is 9.10. The van der Waals surface area contributed by atoms with Gasteiger partial charge in [-0.25, -0.2) is 13.4 Å². The number of rotatable bonds is 4. The highest BCUT2D eigenvalue weighted by atomic mass is 35.5. The van der Waals surface area contributed by atoms with E-state index in [2.05, 4.69) is 9.97 Å². The van der Waals surface area contributed by atoms with E-state index in [1.165, 1.54) is 4.31 Å². The van der Waals surface area contributed by atoms with Crippen LogP contribution in [0.3, 0.4) is 0 Å². The number of thiophene rings is 1. The molecule has 124 valence electrons. The van der Waals surface area contributed by atoms with Crippen LogP contribution in [0.5, 0.6) is 5.88 Å². The molecule has 6 nitrogen and oxygen atoms in total. The number of halogens is 1. The third kappa shape index (κ3) is 3.82. The van der Waals surface area contributed by atoms with Gasteiger partial charge in [-0.1, -0.05) is 11.6 Å². The van der Waals surface area contributed by atoms with Crippen molar-refractivity contribution in [2.75, 3.05) is 13.1 Å². The Morgan fingerprint density at radius 2 is 2.04 bits per heavy atom. The highest BCUT2D eigenvalue weighted by Crippen LogP contribution is 2.30. The van der Waals surface area contributed by atoms with E-state index in [1.807, 2.05) is 0 Å². The molecule has 0 aliphatic carbocycles. The second-order valence-electron chi connectivity index (χ2n) is 5.22. The lowest BCUT2D eigenvalue weighted by molar-refractivity contribution is 0.129. The van der Waals surface area contributed by atoms with Crippen LogP contribution in [-0.2, 0) is 10.0 Å². The van der Waals surface area contributed by atoms with Crippen LogP contribution in [0.4, 0.5) is 0 Å². The van der Waals surface area contributed by atoms with Crippen molar-refractivity contribution in [1.29, 1.82) is 0 Å². The molecule has 1 fully saturated rings. The van der Waals surface area contributed by atoms with E-state index in [-0.39, 0.29) is 10.3 Å². The van der Waals surface area contributed by atoms with Gasteiger partial charge in [0.25, 0.3) is 10.0 Å². The van der Waals surface area contributed by atoms with Gasteiger partial charge < -0.3 is 4.74 Å². The summed E-state index contributed by atoms with van der Waals surface area (Å²) in [7, 11) is -3.46. The van der Waals surface area contributed by atoms with Crippen molar-refractivity contribution in [2.24, 2.45) is 0 Å². The fraction of sp³-hybridized carbons (Fsp3) is 0.429. The maximum Gasteiger partial charge on any atom is 0.252 e. The Labute approximate surface area is 144 Å². The molecule has 0 unspecified atom stereocenters. The molecule has 1 aliphatic heterocycles. The summed E-state index contributed by atoms with van der Waals surface area (Å²) in [5, 5.41) is 0. The molecule has 1 aliphatic rings. The molecule has 3 heterocycles. The average molecular weight is 374 g/mol. The maximum absolute atomic E-state index is 12.5. The normalized spacial score (nSPS) is 17.3. The van der Waals surface area contributed by atoms with Gasteiger partial charge in [0.2, 0.25) is 5.88 Å². The number of aryl methyl sites for hydroxylation is 1. The highest BCUT2D eigenvalue weighted by molar-refractivity contribution is 7.91. The molecular weight excluding hydrogens is 358 g/mol. The van der Waals surface area contributed by atoms with Gasteiger partial charge in [-0.2, -0.15) is 9.29 Å². The molecule has 0 atom stereocenters. The Morgan fingerprint density at radius 1 is 1.30 bits per heavy atom. The van der Waals surface area contributed by atoms with Gasteiger partial charge >= 0.3 is 0 Å². The molecule has 1 saturated heterocycles. The molecule has 0 bridgehead atoms. The first-order chi connectivity index (χ1) is 10.9. The molecule has 0 saturated carbocycles. The Balaban J connectivity index is 1.62. The third-order valence-corrected chi connectivity index (χ3v) is 7.18. The van der Waals surface area contributed by atoms with Crippen LogP contribution in [0.25, 0.3) is 0 Å². The predicted molar refractivity (Wildman–Crippen MR) is 88.5 cm³/mol. The zero-order valence-corrected chi connectivity index (χ0v) is 14.9. The van der Waals surface area contributed by atoms with Gasteiger partial charge in [0.05, 0.1) is 4.34 Å². The number of hydrogen-bond donors (Lipinski definition) is 0. The number of nitrogens with zero attached hydrogens (tertiary/aromatic N) is 3. The van der Waals surface area contributed by atoms with Gasteiger partial charge in [0, 0.05) is 25.4 Å². The monoisotopic (exact) mass is 373 g/mol. The van der Waals surface area contributed by atoms with Crippen LogP contribution in [0.15, 0.2) is 28.6 Å². The van der Waals surface area contributed by atoms with E-state index < -0.39 is 10.0 Å². The third-order valence-electron chi connectivity index (χ3n) is 3.58. The fourth-order valence-corrected chi connectivity index (χ4v) is 5.53. The summed E-state index contributed by atoms with van der Waals surface area (Å²) >= 11 is 6.92. The number of ether oxygens (including phenoxy) is 1.